The molecule has 1 aliphatic carbocycles. The molecule has 1 heterocycles. The van der Waals surface area contributed by atoms with Gasteiger partial charge in [0.05, 0.1) is 6.61 Å². The van der Waals surface area contributed by atoms with Crippen LogP contribution < -0.4 is 16.0 Å². The molecule has 3 nitrogen and oxygen atoms in total. The Kier molecular flexibility index (Phi) is 4.99. The van der Waals surface area contributed by atoms with Crippen molar-refractivity contribution in [3.63, 3.8) is 0 Å². The lowest BCUT2D eigenvalue weighted by Crippen LogP contribution is -2.37. The van der Waals surface area contributed by atoms with E-state index < -0.39 is 0 Å². The number of ether oxygens (including phenoxy) is 1. The first-order chi connectivity index (χ1) is 10.3. The van der Waals surface area contributed by atoms with E-state index in [1.165, 1.54) is 36.8 Å². The zero-order valence-corrected chi connectivity index (χ0v) is 13.9. The van der Waals surface area contributed by atoms with E-state index in [-0.39, 0.29) is 6.04 Å². The Bertz CT molecular complexity index is 542. The van der Waals surface area contributed by atoms with Crippen molar-refractivity contribution in [3.05, 3.63) is 39.4 Å². The van der Waals surface area contributed by atoms with Crippen LogP contribution in [-0.2, 0) is 12.8 Å². The minimum absolute atomic E-state index is 0.275. The Morgan fingerprint density at radius 3 is 2.90 bits per heavy atom. The van der Waals surface area contributed by atoms with Crippen molar-refractivity contribution in [1.82, 2.24) is 5.43 Å². The van der Waals surface area contributed by atoms with Crippen LogP contribution in [0.1, 0.15) is 43.2 Å². The van der Waals surface area contributed by atoms with Crippen LogP contribution in [0, 0.1) is 0 Å². The van der Waals surface area contributed by atoms with Crippen LogP contribution in [0.5, 0.6) is 5.75 Å². The Morgan fingerprint density at radius 2 is 2.14 bits per heavy atom. The van der Waals surface area contributed by atoms with Gasteiger partial charge in [-0.15, -0.1) is 0 Å². The van der Waals surface area contributed by atoms with Gasteiger partial charge >= 0.3 is 0 Å². The normalized spacial score (nSPS) is 18.9. The first kappa shape index (κ1) is 15.1. The van der Waals surface area contributed by atoms with Crippen molar-refractivity contribution >= 4 is 15.9 Å². The second kappa shape index (κ2) is 6.95. The van der Waals surface area contributed by atoms with Crippen LogP contribution in [0.4, 0.5) is 0 Å². The summed E-state index contributed by atoms with van der Waals surface area (Å²) in [5, 5.41) is 0. The van der Waals surface area contributed by atoms with Crippen LogP contribution in [0.2, 0.25) is 0 Å². The largest absolute Gasteiger partial charge is 0.493 e. The number of nitrogens with one attached hydrogen (secondary N) is 1. The lowest BCUT2D eigenvalue weighted by atomic mass is 9.91. The molecule has 1 unspecified atom stereocenters. The lowest BCUT2D eigenvalue weighted by Gasteiger charge is -2.21. The van der Waals surface area contributed by atoms with E-state index in [4.69, 9.17) is 10.6 Å². The third-order valence-electron chi connectivity index (χ3n) is 4.42. The second-order valence-corrected chi connectivity index (χ2v) is 6.95. The van der Waals surface area contributed by atoms with Gasteiger partial charge in [0.15, 0.2) is 0 Å². The standard InChI is InChI=1S/C17H23BrN2O/c18-15-9-13-6-7-21-17(13)14(10-15)11-16(20-19)8-12-4-2-1-3-5-12/h4,9-10,16,20H,1-3,5-8,11,19H2. The van der Waals surface area contributed by atoms with Crippen molar-refractivity contribution in [2.24, 2.45) is 5.84 Å². The van der Waals surface area contributed by atoms with Crippen LogP contribution in [0.15, 0.2) is 28.3 Å². The summed E-state index contributed by atoms with van der Waals surface area (Å²) in [6, 6.07) is 4.61. The molecular formula is C17H23BrN2O. The fourth-order valence-electron chi connectivity index (χ4n) is 3.36. The summed E-state index contributed by atoms with van der Waals surface area (Å²) < 4.78 is 6.95. The summed E-state index contributed by atoms with van der Waals surface area (Å²) in [5.74, 6) is 6.87. The van der Waals surface area contributed by atoms with Crippen LogP contribution in [0.3, 0.4) is 0 Å². The van der Waals surface area contributed by atoms with Crippen molar-refractivity contribution < 1.29 is 4.74 Å². The molecule has 0 spiro atoms. The number of halogens is 1. The smallest absolute Gasteiger partial charge is 0.125 e. The first-order valence-corrected chi connectivity index (χ1v) is 8.63. The van der Waals surface area contributed by atoms with Crippen LogP contribution >= 0.6 is 15.9 Å². The van der Waals surface area contributed by atoms with E-state index in [9.17, 15) is 0 Å². The quantitative estimate of drug-likeness (QED) is 0.484. The molecule has 4 heteroatoms. The summed E-state index contributed by atoms with van der Waals surface area (Å²) >= 11 is 3.61. The Labute approximate surface area is 135 Å². The highest BCUT2D eigenvalue weighted by Gasteiger charge is 2.20. The van der Waals surface area contributed by atoms with E-state index in [2.05, 4.69) is 39.6 Å². The minimum atomic E-state index is 0.275. The molecule has 1 atom stereocenters. The molecule has 1 aromatic carbocycles. The van der Waals surface area contributed by atoms with Gasteiger partial charge in [-0.3, -0.25) is 11.3 Å². The monoisotopic (exact) mass is 350 g/mol. The fourth-order valence-corrected chi connectivity index (χ4v) is 3.91. The summed E-state index contributed by atoms with van der Waals surface area (Å²) in [6.07, 6.45) is 10.5. The second-order valence-electron chi connectivity index (χ2n) is 6.03. The number of rotatable bonds is 5. The van der Waals surface area contributed by atoms with E-state index in [1.807, 2.05) is 0 Å². The number of hydrazine groups is 1. The maximum Gasteiger partial charge on any atom is 0.125 e. The van der Waals surface area contributed by atoms with Gasteiger partial charge in [0.25, 0.3) is 0 Å². The predicted molar refractivity (Wildman–Crippen MR) is 89.3 cm³/mol. The van der Waals surface area contributed by atoms with Crippen molar-refractivity contribution in [2.45, 2.75) is 51.0 Å². The molecule has 0 saturated heterocycles. The molecule has 0 aromatic heterocycles. The molecule has 1 aromatic rings. The first-order valence-electron chi connectivity index (χ1n) is 7.84. The third-order valence-corrected chi connectivity index (χ3v) is 4.88. The lowest BCUT2D eigenvalue weighted by molar-refractivity contribution is 0.351. The highest BCUT2D eigenvalue weighted by atomic mass is 79.9. The van der Waals surface area contributed by atoms with Crippen molar-refractivity contribution in [1.29, 1.82) is 0 Å². The number of allylic oxidation sites excluding steroid dienone is 1. The Hall–Kier alpha value is -0.840. The van der Waals surface area contributed by atoms with Gasteiger partial charge in [0.1, 0.15) is 5.75 Å². The molecule has 3 rings (SSSR count). The topological polar surface area (TPSA) is 47.3 Å². The van der Waals surface area contributed by atoms with Gasteiger partial charge in [0.2, 0.25) is 0 Å². The number of hydrogen-bond donors (Lipinski definition) is 2. The van der Waals surface area contributed by atoms with E-state index >= 15 is 0 Å². The number of fused-ring (bicyclic) bond motifs is 1. The molecule has 21 heavy (non-hydrogen) atoms. The molecule has 1 aliphatic heterocycles. The predicted octanol–water partition coefficient (Wildman–Crippen LogP) is 3.65. The Morgan fingerprint density at radius 1 is 1.24 bits per heavy atom. The minimum Gasteiger partial charge on any atom is -0.493 e. The summed E-state index contributed by atoms with van der Waals surface area (Å²) in [6.45, 7) is 0.796. The molecule has 0 fully saturated rings. The highest BCUT2D eigenvalue weighted by molar-refractivity contribution is 9.10. The molecule has 0 radical (unpaired) electrons. The van der Waals surface area contributed by atoms with Crippen molar-refractivity contribution in [2.75, 3.05) is 6.61 Å². The molecule has 2 aliphatic rings. The van der Waals surface area contributed by atoms with Gasteiger partial charge in [0, 0.05) is 16.9 Å². The van der Waals surface area contributed by atoms with Gasteiger partial charge in [-0.2, -0.15) is 0 Å². The van der Waals surface area contributed by atoms with Gasteiger partial charge < -0.3 is 4.74 Å². The molecule has 0 bridgehead atoms. The molecule has 0 amide bonds. The number of benzene rings is 1. The molecule has 0 saturated carbocycles. The van der Waals surface area contributed by atoms with E-state index in [0.29, 0.717) is 0 Å². The Balaban J connectivity index is 1.73. The van der Waals surface area contributed by atoms with E-state index in [0.717, 1.165) is 36.1 Å². The van der Waals surface area contributed by atoms with Crippen molar-refractivity contribution in [3.8, 4) is 5.75 Å². The summed E-state index contributed by atoms with van der Waals surface area (Å²) in [5.41, 5.74) is 7.12. The van der Waals surface area contributed by atoms with Gasteiger partial charge in [-0.1, -0.05) is 27.6 Å². The number of hydrogen-bond acceptors (Lipinski definition) is 3. The SMILES string of the molecule is NNC(CC1=CCCCC1)Cc1cc(Br)cc2c1OCC2. The maximum atomic E-state index is 5.82. The van der Waals surface area contributed by atoms with Crippen LogP contribution in [0.25, 0.3) is 0 Å². The molecule has 3 N–H and O–H groups in total. The summed E-state index contributed by atoms with van der Waals surface area (Å²) in [7, 11) is 0. The average molecular weight is 351 g/mol. The zero-order valence-electron chi connectivity index (χ0n) is 12.3. The number of nitrogens with two attached hydrogens (primary N) is 1. The van der Waals surface area contributed by atoms with Gasteiger partial charge in [-0.25, -0.2) is 0 Å². The van der Waals surface area contributed by atoms with Crippen LogP contribution in [-0.4, -0.2) is 12.6 Å². The molecule has 114 valence electrons. The van der Waals surface area contributed by atoms with E-state index in [1.54, 1.807) is 5.57 Å². The summed E-state index contributed by atoms with van der Waals surface area (Å²) in [4.78, 5) is 0. The molecular weight excluding hydrogens is 328 g/mol. The zero-order chi connectivity index (χ0) is 14.7. The highest BCUT2D eigenvalue weighted by Crippen LogP contribution is 2.34. The third kappa shape index (κ3) is 3.68. The fraction of sp³-hybridized carbons (Fsp3) is 0.529. The average Bonchev–Trinajstić information content (AvgIpc) is 2.96. The van der Waals surface area contributed by atoms with Gasteiger partial charge in [-0.05, 0) is 61.8 Å². The maximum absolute atomic E-state index is 5.82.